The zero-order chi connectivity index (χ0) is 22.0. The summed E-state index contributed by atoms with van der Waals surface area (Å²) in [5.74, 6) is 2.93. The van der Waals surface area contributed by atoms with Crippen molar-refractivity contribution in [3.63, 3.8) is 0 Å². The van der Waals surface area contributed by atoms with Gasteiger partial charge in [-0.25, -0.2) is 0 Å². The van der Waals surface area contributed by atoms with Gasteiger partial charge in [0, 0.05) is 0 Å². The molecule has 0 aromatic heterocycles. The van der Waals surface area contributed by atoms with Gasteiger partial charge in [0.05, 0.1) is 12.2 Å². The van der Waals surface area contributed by atoms with E-state index in [9.17, 15) is 15.3 Å². The van der Waals surface area contributed by atoms with E-state index in [0.717, 1.165) is 25.7 Å². The number of hydrogen-bond acceptors (Lipinski definition) is 3. The predicted octanol–water partition coefficient (Wildman–Crippen LogP) is 6.65. The standard InChI is InChI=1S/C28H44O3/c1-19(29)9-7-5-3-4-6-8-10-20-17-25-23(22-12-11-21(30)18-24(20)22)15-16-28(2)26(25)13-14-27(28)31/h11-12,18-20,23,25-27,29-31H,3-10,13-17H2,1-2H3/t19?,20-,23-,25-,26+,27+,28+/m1/s1. The monoisotopic (exact) mass is 428 g/mol. The number of fused-ring (bicyclic) bond motifs is 5. The van der Waals surface area contributed by atoms with E-state index < -0.39 is 0 Å². The lowest BCUT2D eigenvalue weighted by atomic mass is 9.53. The van der Waals surface area contributed by atoms with Crippen LogP contribution in [0.3, 0.4) is 0 Å². The van der Waals surface area contributed by atoms with Crippen LogP contribution in [0.4, 0.5) is 0 Å². The minimum Gasteiger partial charge on any atom is -0.508 e. The molecular formula is C28H44O3. The molecule has 3 heteroatoms. The molecule has 174 valence electrons. The Morgan fingerprint density at radius 3 is 2.52 bits per heavy atom. The van der Waals surface area contributed by atoms with Gasteiger partial charge in [-0.3, -0.25) is 0 Å². The topological polar surface area (TPSA) is 60.7 Å². The van der Waals surface area contributed by atoms with Gasteiger partial charge in [0.15, 0.2) is 0 Å². The Hall–Kier alpha value is -1.06. The summed E-state index contributed by atoms with van der Waals surface area (Å²) in [6.07, 6.45) is 15.1. The van der Waals surface area contributed by atoms with E-state index in [-0.39, 0.29) is 17.6 Å². The van der Waals surface area contributed by atoms with Crippen molar-refractivity contribution >= 4 is 0 Å². The summed E-state index contributed by atoms with van der Waals surface area (Å²) < 4.78 is 0. The van der Waals surface area contributed by atoms with E-state index in [1.165, 1.54) is 68.9 Å². The zero-order valence-corrected chi connectivity index (χ0v) is 19.7. The van der Waals surface area contributed by atoms with Crippen molar-refractivity contribution in [2.45, 2.75) is 121 Å². The minimum absolute atomic E-state index is 0.117. The highest BCUT2D eigenvalue weighted by atomic mass is 16.3. The van der Waals surface area contributed by atoms with Crippen LogP contribution >= 0.6 is 0 Å². The number of phenols is 1. The van der Waals surface area contributed by atoms with Crippen LogP contribution in [0.2, 0.25) is 0 Å². The van der Waals surface area contributed by atoms with Crippen molar-refractivity contribution in [1.29, 1.82) is 0 Å². The first-order valence-corrected chi connectivity index (χ1v) is 13.1. The molecule has 0 saturated heterocycles. The van der Waals surface area contributed by atoms with Gasteiger partial charge in [0.1, 0.15) is 5.75 Å². The predicted molar refractivity (Wildman–Crippen MR) is 126 cm³/mol. The SMILES string of the molecule is CC(O)CCCCCCCC[C@@H]1C[C@@H]2[C@H](CC[C@]3(C)[C@@H](O)CC[C@@H]23)c2ccc(O)cc21. The van der Waals surface area contributed by atoms with Gasteiger partial charge in [0.25, 0.3) is 0 Å². The maximum absolute atomic E-state index is 10.7. The molecule has 0 bridgehead atoms. The number of aromatic hydroxyl groups is 1. The number of phenolic OH excluding ortho intramolecular Hbond substituents is 1. The van der Waals surface area contributed by atoms with Crippen LogP contribution in [-0.2, 0) is 0 Å². The molecule has 0 heterocycles. The largest absolute Gasteiger partial charge is 0.508 e. The van der Waals surface area contributed by atoms with E-state index in [1.807, 2.05) is 13.0 Å². The molecule has 1 unspecified atom stereocenters. The molecule has 0 spiro atoms. The lowest BCUT2D eigenvalue weighted by Crippen LogP contribution is -2.44. The van der Waals surface area contributed by atoms with Crippen LogP contribution in [-0.4, -0.2) is 27.5 Å². The molecule has 3 aliphatic rings. The maximum atomic E-state index is 10.7. The summed E-state index contributed by atoms with van der Waals surface area (Å²) >= 11 is 0. The Kier molecular flexibility index (Phi) is 7.33. The Labute approximate surface area is 189 Å². The summed E-state index contributed by atoms with van der Waals surface area (Å²) in [6, 6.07) is 6.16. The molecule has 0 amide bonds. The lowest BCUT2D eigenvalue weighted by Gasteiger charge is -2.51. The van der Waals surface area contributed by atoms with Crippen molar-refractivity contribution < 1.29 is 15.3 Å². The number of benzene rings is 1. The number of unbranched alkanes of at least 4 members (excludes halogenated alkanes) is 5. The smallest absolute Gasteiger partial charge is 0.115 e. The van der Waals surface area contributed by atoms with Crippen molar-refractivity contribution in [1.82, 2.24) is 0 Å². The Bertz CT molecular complexity index is 729. The van der Waals surface area contributed by atoms with Crippen LogP contribution in [0.15, 0.2) is 18.2 Å². The van der Waals surface area contributed by atoms with Gasteiger partial charge in [-0.15, -0.1) is 0 Å². The summed E-state index contributed by atoms with van der Waals surface area (Å²) in [5, 5.41) is 30.3. The first-order valence-electron chi connectivity index (χ1n) is 13.1. The zero-order valence-electron chi connectivity index (χ0n) is 19.7. The molecule has 0 aliphatic heterocycles. The van der Waals surface area contributed by atoms with Gasteiger partial charge in [-0.1, -0.05) is 51.5 Å². The molecule has 4 rings (SSSR count). The van der Waals surface area contributed by atoms with Gasteiger partial charge < -0.3 is 15.3 Å². The average molecular weight is 429 g/mol. The molecule has 3 aliphatic carbocycles. The molecular weight excluding hydrogens is 384 g/mol. The Balaban J connectivity index is 1.38. The fourth-order valence-corrected chi connectivity index (χ4v) is 7.49. The first kappa shape index (κ1) is 23.1. The second-order valence-electron chi connectivity index (χ2n) is 11.3. The minimum atomic E-state index is -0.158. The second kappa shape index (κ2) is 9.83. The molecule has 31 heavy (non-hydrogen) atoms. The van der Waals surface area contributed by atoms with E-state index in [0.29, 0.717) is 29.4 Å². The maximum Gasteiger partial charge on any atom is 0.115 e. The summed E-state index contributed by atoms with van der Waals surface area (Å²) in [7, 11) is 0. The fourth-order valence-electron chi connectivity index (χ4n) is 7.49. The normalized spacial score (nSPS) is 35.3. The molecule has 1 aromatic rings. The summed E-state index contributed by atoms with van der Waals surface area (Å²) in [4.78, 5) is 0. The highest BCUT2D eigenvalue weighted by Crippen LogP contribution is 2.62. The van der Waals surface area contributed by atoms with Gasteiger partial charge in [-0.2, -0.15) is 0 Å². The van der Waals surface area contributed by atoms with E-state index in [1.54, 1.807) is 0 Å². The summed E-state index contributed by atoms with van der Waals surface area (Å²) in [5.41, 5.74) is 3.03. The lowest BCUT2D eigenvalue weighted by molar-refractivity contribution is -0.0252. The van der Waals surface area contributed by atoms with Crippen LogP contribution in [0.1, 0.15) is 120 Å². The average Bonchev–Trinajstić information content (AvgIpc) is 3.04. The molecule has 3 nitrogen and oxygen atoms in total. The molecule has 3 N–H and O–H groups in total. The van der Waals surface area contributed by atoms with Crippen molar-refractivity contribution in [2.24, 2.45) is 17.3 Å². The van der Waals surface area contributed by atoms with Crippen LogP contribution in [0.25, 0.3) is 0 Å². The van der Waals surface area contributed by atoms with Gasteiger partial charge >= 0.3 is 0 Å². The van der Waals surface area contributed by atoms with Crippen LogP contribution in [0.5, 0.6) is 5.75 Å². The van der Waals surface area contributed by atoms with Crippen LogP contribution < -0.4 is 0 Å². The third-order valence-corrected chi connectivity index (χ3v) is 9.28. The quantitative estimate of drug-likeness (QED) is 0.386. The number of aliphatic hydroxyl groups is 2. The van der Waals surface area contributed by atoms with Crippen molar-refractivity contribution in [3.8, 4) is 5.75 Å². The third-order valence-electron chi connectivity index (χ3n) is 9.28. The molecule has 0 radical (unpaired) electrons. The molecule has 1 aromatic carbocycles. The van der Waals surface area contributed by atoms with Crippen molar-refractivity contribution in [3.05, 3.63) is 29.3 Å². The van der Waals surface area contributed by atoms with Gasteiger partial charge in [-0.05, 0) is 104 Å². The Morgan fingerprint density at radius 2 is 1.74 bits per heavy atom. The number of hydrogen-bond donors (Lipinski definition) is 3. The fraction of sp³-hybridized carbons (Fsp3) is 0.786. The molecule has 7 atom stereocenters. The van der Waals surface area contributed by atoms with E-state index in [2.05, 4.69) is 19.1 Å². The number of rotatable bonds is 9. The molecule has 2 saturated carbocycles. The van der Waals surface area contributed by atoms with E-state index in [4.69, 9.17) is 0 Å². The second-order valence-corrected chi connectivity index (χ2v) is 11.3. The van der Waals surface area contributed by atoms with E-state index >= 15 is 0 Å². The highest BCUT2D eigenvalue weighted by Gasteiger charge is 2.55. The summed E-state index contributed by atoms with van der Waals surface area (Å²) in [6.45, 7) is 4.23. The first-order chi connectivity index (χ1) is 14.9. The highest BCUT2D eigenvalue weighted by molar-refractivity contribution is 5.42. The van der Waals surface area contributed by atoms with Crippen LogP contribution in [0, 0.1) is 17.3 Å². The number of aliphatic hydroxyl groups excluding tert-OH is 2. The van der Waals surface area contributed by atoms with Crippen molar-refractivity contribution in [2.75, 3.05) is 0 Å². The molecule has 2 fully saturated rings. The van der Waals surface area contributed by atoms with Gasteiger partial charge in [0.2, 0.25) is 0 Å². The Morgan fingerprint density at radius 1 is 1.00 bits per heavy atom. The third kappa shape index (κ3) is 4.83.